The maximum Gasteiger partial charge on any atom is 0.224 e. The molecule has 0 saturated carbocycles. The molecule has 0 bridgehead atoms. The number of nitrogens with one attached hydrogen (secondary N) is 2. The van der Waals surface area contributed by atoms with Crippen LogP contribution >= 0.6 is 0 Å². The molecule has 0 amide bonds. The highest BCUT2D eigenvalue weighted by Gasteiger charge is 2.26. The molecular weight excluding hydrogens is 296 g/mol. The first kappa shape index (κ1) is 15.8. The van der Waals surface area contributed by atoms with Crippen molar-refractivity contribution >= 4 is 11.8 Å². The van der Waals surface area contributed by atoms with Crippen molar-refractivity contribution in [1.29, 1.82) is 0 Å². The van der Waals surface area contributed by atoms with Crippen LogP contribution in [0.3, 0.4) is 0 Å². The molecule has 0 aromatic carbocycles. The van der Waals surface area contributed by atoms with Crippen LogP contribution in [-0.2, 0) is 10.3 Å². The Morgan fingerprint density at radius 1 is 1.43 bits per heavy atom. The normalized spacial score (nSPS) is 20.7. The molecule has 3 heterocycles. The van der Waals surface area contributed by atoms with Gasteiger partial charge in [-0.2, -0.15) is 4.98 Å². The van der Waals surface area contributed by atoms with Crippen LogP contribution in [0, 0.1) is 0 Å². The van der Waals surface area contributed by atoms with Gasteiger partial charge in [-0.25, -0.2) is 4.98 Å². The number of rotatable bonds is 6. The summed E-state index contributed by atoms with van der Waals surface area (Å²) in [5.41, 5.74) is -1.13. The summed E-state index contributed by atoms with van der Waals surface area (Å²) < 4.78 is 10.7. The van der Waals surface area contributed by atoms with E-state index in [1.165, 1.54) is 6.26 Å². The van der Waals surface area contributed by atoms with E-state index in [0.29, 0.717) is 18.3 Å². The van der Waals surface area contributed by atoms with Crippen LogP contribution in [0.5, 0.6) is 0 Å². The number of hydrogen-bond donors (Lipinski definition) is 3. The Hall–Kier alpha value is -2.12. The second kappa shape index (κ2) is 6.97. The van der Waals surface area contributed by atoms with Crippen LogP contribution in [0.4, 0.5) is 11.8 Å². The zero-order chi connectivity index (χ0) is 16.1. The van der Waals surface area contributed by atoms with E-state index in [9.17, 15) is 5.11 Å². The monoisotopic (exact) mass is 318 g/mol. The molecule has 2 aromatic heterocycles. The molecule has 7 heteroatoms. The summed E-state index contributed by atoms with van der Waals surface area (Å²) in [6.45, 7) is 3.45. The summed E-state index contributed by atoms with van der Waals surface area (Å²) in [4.78, 5) is 8.60. The molecule has 0 spiro atoms. The molecule has 1 aliphatic rings. The zero-order valence-electron chi connectivity index (χ0n) is 13.2. The maximum atomic E-state index is 10.4. The summed E-state index contributed by atoms with van der Waals surface area (Å²) in [5.74, 6) is 1.70. The van der Waals surface area contributed by atoms with Gasteiger partial charge in [0.15, 0.2) is 0 Å². The summed E-state index contributed by atoms with van der Waals surface area (Å²) >= 11 is 0. The Morgan fingerprint density at radius 3 is 3.09 bits per heavy atom. The topological polar surface area (TPSA) is 92.4 Å². The van der Waals surface area contributed by atoms with Crippen molar-refractivity contribution in [3.05, 3.63) is 36.4 Å². The average Bonchev–Trinajstić information content (AvgIpc) is 3.10. The van der Waals surface area contributed by atoms with Crippen molar-refractivity contribution in [2.45, 2.75) is 31.4 Å². The number of furan rings is 1. The number of nitrogens with zero attached hydrogens (tertiary/aromatic N) is 2. The number of ether oxygens (including phenoxy) is 1. The smallest absolute Gasteiger partial charge is 0.224 e. The highest BCUT2D eigenvalue weighted by Crippen LogP contribution is 2.21. The van der Waals surface area contributed by atoms with E-state index in [1.807, 2.05) is 6.07 Å². The van der Waals surface area contributed by atoms with Crippen LogP contribution in [0.15, 0.2) is 35.1 Å². The minimum atomic E-state index is -1.13. The van der Waals surface area contributed by atoms with E-state index in [-0.39, 0.29) is 12.6 Å². The first-order valence-corrected chi connectivity index (χ1v) is 7.81. The summed E-state index contributed by atoms with van der Waals surface area (Å²) in [7, 11) is 0. The lowest BCUT2D eigenvalue weighted by atomic mass is 10.0. The lowest BCUT2D eigenvalue weighted by Crippen LogP contribution is -2.31. The molecule has 124 valence electrons. The molecule has 0 unspecified atom stereocenters. The van der Waals surface area contributed by atoms with Gasteiger partial charge in [0.05, 0.1) is 25.5 Å². The standard InChI is InChI=1S/C16H22N4O3/c1-16(21,13-5-3-9-23-13)11-18-15-17-7-6-14(20-15)19-12-4-2-8-22-10-12/h3,5-7,9,12,21H,2,4,8,10-11H2,1H3,(H2,17,18,19,20)/t12-,16-/m1/s1. The van der Waals surface area contributed by atoms with E-state index in [0.717, 1.165) is 25.3 Å². The van der Waals surface area contributed by atoms with Crippen molar-refractivity contribution in [3.63, 3.8) is 0 Å². The predicted octanol–water partition coefficient (Wildman–Crippen LogP) is 1.98. The predicted molar refractivity (Wildman–Crippen MR) is 86.3 cm³/mol. The maximum absolute atomic E-state index is 10.4. The van der Waals surface area contributed by atoms with E-state index < -0.39 is 5.60 Å². The van der Waals surface area contributed by atoms with Crippen LogP contribution in [0.1, 0.15) is 25.5 Å². The fraction of sp³-hybridized carbons (Fsp3) is 0.500. The molecule has 1 fully saturated rings. The third-order valence-electron chi connectivity index (χ3n) is 3.81. The molecule has 2 atom stereocenters. The van der Waals surface area contributed by atoms with Gasteiger partial charge in [0.25, 0.3) is 0 Å². The van der Waals surface area contributed by atoms with Crippen LogP contribution in [0.2, 0.25) is 0 Å². The van der Waals surface area contributed by atoms with Gasteiger partial charge in [-0.15, -0.1) is 0 Å². The van der Waals surface area contributed by atoms with E-state index in [1.54, 1.807) is 25.3 Å². The van der Waals surface area contributed by atoms with E-state index >= 15 is 0 Å². The minimum Gasteiger partial charge on any atom is -0.466 e. The van der Waals surface area contributed by atoms with E-state index in [2.05, 4.69) is 20.6 Å². The Morgan fingerprint density at radius 2 is 2.35 bits per heavy atom. The number of hydrogen-bond acceptors (Lipinski definition) is 7. The van der Waals surface area contributed by atoms with Gasteiger partial charge in [0.2, 0.25) is 5.95 Å². The van der Waals surface area contributed by atoms with Crippen molar-refractivity contribution in [1.82, 2.24) is 9.97 Å². The summed E-state index contributed by atoms with van der Waals surface area (Å²) in [6, 6.07) is 5.59. The molecule has 3 rings (SSSR count). The lowest BCUT2D eigenvalue weighted by Gasteiger charge is -2.24. The lowest BCUT2D eigenvalue weighted by molar-refractivity contribution is 0.0475. The summed E-state index contributed by atoms with van der Waals surface area (Å²) in [6.07, 6.45) is 5.35. The largest absolute Gasteiger partial charge is 0.466 e. The molecule has 7 nitrogen and oxygen atoms in total. The van der Waals surface area contributed by atoms with Crippen LogP contribution in [0.25, 0.3) is 0 Å². The SMILES string of the molecule is C[C@@](O)(CNc1nccc(N[C@@H]2CCCOC2)n1)c1ccco1. The van der Waals surface area contributed by atoms with Crippen LogP contribution in [-0.4, -0.2) is 40.9 Å². The van der Waals surface area contributed by atoms with Gasteiger partial charge in [0.1, 0.15) is 17.2 Å². The number of aromatic nitrogens is 2. The number of anilines is 2. The Bertz CT molecular complexity index is 610. The van der Waals surface area contributed by atoms with Crippen molar-refractivity contribution in [2.75, 3.05) is 30.4 Å². The third-order valence-corrected chi connectivity index (χ3v) is 3.81. The van der Waals surface area contributed by atoms with Gasteiger partial charge in [-0.3, -0.25) is 0 Å². The number of aliphatic hydroxyl groups is 1. The van der Waals surface area contributed by atoms with Crippen molar-refractivity contribution in [3.8, 4) is 0 Å². The quantitative estimate of drug-likeness (QED) is 0.750. The Labute approximate surface area is 135 Å². The zero-order valence-corrected chi connectivity index (χ0v) is 13.2. The first-order valence-electron chi connectivity index (χ1n) is 7.81. The fourth-order valence-corrected chi connectivity index (χ4v) is 2.51. The Balaban J connectivity index is 1.59. The van der Waals surface area contributed by atoms with Crippen LogP contribution < -0.4 is 10.6 Å². The second-order valence-corrected chi connectivity index (χ2v) is 5.93. The highest BCUT2D eigenvalue weighted by molar-refractivity contribution is 5.40. The van der Waals surface area contributed by atoms with Gasteiger partial charge < -0.3 is 24.9 Å². The molecule has 3 N–H and O–H groups in total. The molecule has 2 aromatic rings. The van der Waals surface area contributed by atoms with Gasteiger partial charge in [0, 0.05) is 12.8 Å². The average molecular weight is 318 g/mol. The van der Waals surface area contributed by atoms with Gasteiger partial charge >= 0.3 is 0 Å². The van der Waals surface area contributed by atoms with Crippen molar-refractivity contribution < 1.29 is 14.3 Å². The molecular formula is C16H22N4O3. The molecule has 23 heavy (non-hydrogen) atoms. The second-order valence-electron chi connectivity index (χ2n) is 5.93. The fourth-order valence-electron chi connectivity index (χ4n) is 2.51. The molecule has 0 radical (unpaired) electrons. The van der Waals surface area contributed by atoms with Crippen molar-refractivity contribution in [2.24, 2.45) is 0 Å². The summed E-state index contributed by atoms with van der Waals surface area (Å²) in [5, 5.41) is 16.8. The highest BCUT2D eigenvalue weighted by atomic mass is 16.5. The van der Waals surface area contributed by atoms with Gasteiger partial charge in [-0.1, -0.05) is 0 Å². The minimum absolute atomic E-state index is 0.247. The Kier molecular flexibility index (Phi) is 4.78. The first-order chi connectivity index (χ1) is 11.1. The van der Waals surface area contributed by atoms with Gasteiger partial charge in [-0.05, 0) is 38.0 Å². The molecule has 0 aliphatic carbocycles. The third kappa shape index (κ3) is 4.20. The molecule has 1 saturated heterocycles. The van der Waals surface area contributed by atoms with E-state index in [4.69, 9.17) is 9.15 Å². The molecule has 1 aliphatic heterocycles.